The highest BCUT2D eigenvalue weighted by Gasteiger charge is 2.43. The second-order valence-corrected chi connectivity index (χ2v) is 16.0. The number of ether oxygens (including phenoxy) is 2. The molecule has 2 aromatic heterocycles. The van der Waals surface area contributed by atoms with Gasteiger partial charge in [-0.3, -0.25) is 0 Å². The third-order valence-corrected chi connectivity index (χ3v) is 12.8. The molecule has 3 aliphatic rings. The van der Waals surface area contributed by atoms with E-state index in [9.17, 15) is 0 Å². The Balaban J connectivity index is 1.24. The molecule has 0 saturated heterocycles. The highest BCUT2D eigenvalue weighted by Crippen LogP contribution is 2.58. The van der Waals surface area contributed by atoms with Crippen LogP contribution in [0.15, 0.2) is 164 Å². The Bertz CT molecular complexity index is 3280. The third-order valence-electron chi connectivity index (χ3n) is 12.8. The summed E-state index contributed by atoms with van der Waals surface area (Å²) >= 11 is 0. The lowest BCUT2D eigenvalue weighted by atomic mass is 9.35. The van der Waals surface area contributed by atoms with Crippen LogP contribution in [0.1, 0.15) is 25.0 Å². The van der Waals surface area contributed by atoms with Crippen LogP contribution < -0.4 is 25.9 Å². The Morgan fingerprint density at radius 2 is 1.02 bits per heavy atom. The van der Waals surface area contributed by atoms with Gasteiger partial charge in [-0.2, -0.15) is 0 Å². The van der Waals surface area contributed by atoms with Gasteiger partial charge in [0, 0.05) is 55.8 Å². The van der Waals surface area contributed by atoms with E-state index < -0.39 is 0 Å². The summed E-state index contributed by atoms with van der Waals surface area (Å²) in [4.78, 5) is 0. The summed E-state index contributed by atoms with van der Waals surface area (Å²) in [5, 5.41) is 4.99. The Kier molecular flexibility index (Phi) is 5.76. The first kappa shape index (κ1) is 30.4. The van der Waals surface area contributed by atoms with Crippen LogP contribution in [0.3, 0.4) is 0 Å². The molecule has 0 saturated carbocycles. The van der Waals surface area contributed by atoms with E-state index in [1.165, 1.54) is 60.3 Å². The van der Waals surface area contributed by atoms with Crippen LogP contribution in [0.5, 0.6) is 23.0 Å². The van der Waals surface area contributed by atoms with Crippen LogP contribution >= 0.6 is 0 Å². The minimum Gasteiger partial charge on any atom is -0.458 e. The molecule has 0 spiro atoms. The Hall–Kier alpha value is -6.98. The smallest absolute Gasteiger partial charge is 0.260 e. The molecule has 10 aromatic rings. The third kappa shape index (κ3) is 3.70. The molecule has 0 N–H and O–H groups in total. The second-order valence-electron chi connectivity index (χ2n) is 16.0. The van der Waals surface area contributed by atoms with Gasteiger partial charge in [-0.15, -0.1) is 0 Å². The molecule has 5 heteroatoms. The van der Waals surface area contributed by atoms with E-state index in [1.54, 1.807) is 0 Å². The minimum absolute atomic E-state index is 0.0141. The molecule has 13 rings (SSSR count). The molecular weight excluding hydrogens is 683 g/mol. The topological polar surface area (TPSA) is 28.3 Å². The van der Waals surface area contributed by atoms with E-state index in [0.29, 0.717) is 0 Å². The van der Waals surface area contributed by atoms with Gasteiger partial charge < -0.3 is 18.6 Å². The molecule has 4 nitrogen and oxygen atoms in total. The molecule has 56 heavy (non-hydrogen) atoms. The Morgan fingerprint density at radius 1 is 0.482 bits per heavy atom. The first-order valence-corrected chi connectivity index (χ1v) is 19.5. The van der Waals surface area contributed by atoms with Crippen molar-refractivity contribution in [2.75, 3.05) is 0 Å². The van der Waals surface area contributed by atoms with Crippen LogP contribution in [-0.2, 0) is 5.41 Å². The lowest BCUT2D eigenvalue weighted by Crippen LogP contribution is -2.57. The maximum absolute atomic E-state index is 6.87. The quantitative estimate of drug-likeness (QED) is 0.167. The Labute approximate surface area is 323 Å². The van der Waals surface area contributed by atoms with Crippen molar-refractivity contribution in [3.8, 4) is 45.5 Å². The molecule has 4 heterocycles. The average Bonchev–Trinajstić information content (AvgIpc) is 3.84. The summed E-state index contributed by atoms with van der Waals surface area (Å²) in [5.74, 6) is 3.44. The summed E-state index contributed by atoms with van der Waals surface area (Å²) in [6.45, 7) is 4.83. The van der Waals surface area contributed by atoms with Crippen molar-refractivity contribution < 1.29 is 9.47 Å². The van der Waals surface area contributed by atoms with Crippen molar-refractivity contribution in [2.45, 2.75) is 19.3 Å². The van der Waals surface area contributed by atoms with E-state index in [4.69, 9.17) is 9.47 Å². The van der Waals surface area contributed by atoms with E-state index in [2.05, 4.69) is 187 Å². The predicted octanol–water partition coefficient (Wildman–Crippen LogP) is 10.9. The van der Waals surface area contributed by atoms with Gasteiger partial charge in [-0.25, -0.2) is 0 Å². The minimum atomic E-state index is -0.264. The molecule has 8 aromatic carbocycles. The number of benzene rings is 8. The van der Waals surface area contributed by atoms with Crippen molar-refractivity contribution in [3.63, 3.8) is 0 Å². The molecule has 0 atom stereocenters. The molecule has 2 aliphatic heterocycles. The molecule has 0 fully saturated rings. The van der Waals surface area contributed by atoms with E-state index >= 15 is 0 Å². The van der Waals surface area contributed by atoms with Gasteiger partial charge >= 0.3 is 0 Å². The van der Waals surface area contributed by atoms with Crippen molar-refractivity contribution in [3.05, 3.63) is 175 Å². The van der Waals surface area contributed by atoms with Gasteiger partial charge in [-0.1, -0.05) is 129 Å². The van der Waals surface area contributed by atoms with Crippen LogP contribution in [-0.4, -0.2) is 15.8 Å². The number of aromatic nitrogens is 2. The summed E-state index contributed by atoms with van der Waals surface area (Å²) in [6, 6.07) is 59.2. The van der Waals surface area contributed by atoms with Gasteiger partial charge in [0.15, 0.2) is 0 Å². The predicted molar refractivity (Wildman–Crippen MR) is 230 cm³/mol. The highest BCUT2D eigenvalue weighted by atomic mass is 16.5. The van der Waals surface area contributed by atoms with Gasteiger partial charge in [0.05, 0.1) is 27.8 Å². The fourth-order valence-corrected chi connectivity index (χ4v) is 10.6. The average molecular weight is 717 g/mol. The van der Waals surface area contributed by atoms with Crippen LogP contribution in [0.25, 0.3) is 66.1 Å². The van der Waals surface area contributed by atoms with E-state index in [-0.39, 0.29) is 12.1 Å². The summed E-state index contributed by atoms with van der Waals surface area (Å²) in [5.41, 5.74) is 15.4. The summed E-state index contributed by atoms with van der Waals surface area (Å²) in [6.07, 6.45) is 0. The molecule has 0 amide bonds. The maximum atomic E-state index is 6.87. The van der Waals surface area contributed by atoms with Gasteiger partial charge in [0.1, 0.15) is 23.0 Å². The molecule has 0 radical (unpaired) electrons. The number of para-hydroxylation sites is 5. The fraction of sp³-hybridized carbons (Fsp3) is 0.0588. The lowest BCUT2D eigenvalue weighted by molar-refractivity contribution is 0.464. The maximum Gasteiger partial charge on any atom is 0.260 e. The fourth-order valence-electron chi connectivity index (χ4n) is 10.6. The molecule has 0 unspecified atom stereocenters. The zero-order valence-electron chi connectivity index (χ0n) is 30.9. The SMILES string of the molecule is CC1(C)c2ccccc2-c2c1c1c3ccccc3n(-c3cc4c5c(c3)Oc3ccccc3B5c3ccccc3O4)c1c1c3ccccc3n(-c3ccccc3)c21. The Morgan fingerprint density at radius 3 is 1.70 bits per heavy atom. The largest absolute Gasteiger partial charge is 0.458 e. The standard InChI is InChI=1S/C51H33BN2O2/c1-51(2)35-21-9-6-18-32(35)44-47(51)45-33-19-7-12-24-38(33)54(50(45)46-34-20-8-13-25-39(34)53(49(44)46)30-16-4-3-5-17-30)31-28-42-48-43(29-31)56-41-27-15-11-23-37(41)52(48)36-22-10-14-26-40(36)55-42/h3-29H,1-2H3. The molecule has 262 valence electrons. The molecule has 1 aliphatic carbocycles. The zero-order valence-corrected chi connectivity index (χ0v) is 30.9. The van der Waals surface area contributed by atoms with E-state index in [1.807, 2.05) is 0 Å². The van der Waals surface area contributed by atoms with Crippen LogP contribution in [0, 0.1) is 0 Å². The van der Waals surface area contributed by atoms with Crippen LogP contribution in [0.2, 0.25) is 0 Å². The number of nitrogens with zero attached hydrogens (tertiary/aromatic N) is 2. The van der Waals surface area contributed by atoms with E-state index in [0.717, 1.165) is 56.3 Å². The molecule has 0 bridgehead atoms. The summed E-state index contributed by atoms with van der Waals surface area (Å²) < 4.78 is 18.7. The number of hydrogen-bond acceptors (Lipinski definition) is 2. The van der Waals surface area contributed by atoms with Crippen molar-refractivity contribution in [2.24, 2.45) is 0 Å². The monoisotopic (exact) mass is 716 g/mol. The molecular formula is C51H33BN2O2. The zero-order chi connectivity index (χ0) is 36.9. The van der Waals surface area contributed by atoms with Crippen molar-refractivity contribution in [1.82, 2.24) is 9.13 Å². The van der Waals surface area contributed by atoms with Crippen molar-refractivity contribution >= 4 is 66.7 Å². The normalized spacial score (nSPS) is 14.3. The number of hydrogen-bond donors (Lipinski definition) is 0. The first-order chi connectivity index (χ1) is 27.6. The van der Waals surface area contributed by atoms with Gasteiger partial charge in [0.2, 0.25) is 0 Å². The summed E-state index contributed by atoms with van der Waals surface area (Å²) in [7, 11) is 0. The highest BCUT2D eigenvalue weighted by molar-refractivity contribution is 6.98. The van der Waals surface area contributed by atoms with Crippen molar-refractivity contribution in [1.29, 1.82) is 0 Å². The lowest BCUT2D eigenvalue weighted by Gasteiger charge is -2.33. The van der Waals surface area contributed by atoms with Gasteiger partial charge in [0.25, 0.3) is 6.71 Å². The van der Waals surface area contributed by atoms with Crippen LogP contribution in [0.4, 0.5) is 0 Å². The number of fused-ring (bicyclic) bond motifs is 16. The number of rotatable bonds is 2. The van der Waals surface area contributed by atoms with Gasteiger partial charge in [-0.05, 0) is 64.0 Å². The first-order valence-electron chi connectivity index (χ1n) is 19.5. The second kappa shape index (κ2) is 10.6.